The Morgan fingerprint density at radius 2 is 2.11 bits per heavy atom. The Morgan fingerprint density at radius 3 is 2.67 bits per heavy atom. The second kappa shape index (κ2) is 4.98. The highest BCUT2D eigenvalue weighted by molar-refractivity contribution is 5.85. The molecule has 0 spiro atoms. The highest BCUT2D eigenvalue weighted by atomic mass is 16.5. The van der Waals surface area contributed by atoms with Crippen LogP contribution in [0.1, 0.15) is 38.3 Å². The van der Waals surface area contributed by atoms with E-state index < -0.39 is 5.60 Å². The SMILES string of the molecule is CC(NC(=O)C1(C)CCCO1)c1ccc(N)cc1. The standard InChI is InChI=1S/C14H20N2O2/c1-10(11-4-6-12(15)7-5-11)16-13(17)14(2)8-3-9-18-14/h4-7,10H,3,8-9,15H2,1-2H3,(H,16,17). The van der Waals surface area contributed by atoms with Gasteiger partial charge in [0.1, 0.15) is 5.60 Å². The molecule has 2 unspecified atom stereocenters. The first kappa shape index (κ1) is 12.9. The van der Waals surface area contributed by atoms with Crippen LogP contribution in [-0.4, -0.2) is 18.1 Å². The summed E-state index contributed by atoms with van der Waals surface area (Å²) in [4.78, 5) is 12.2. The van der Waals surface area contributed by atoms with Gasteiger partial charge in [-0.25, -0.2) is 0 Å². The predicted octanol–water partition coefficient (Wildman–Crippen LogP) is 2.02. The number of hydrogen-bond donors (Lipinski definition) is 2. The van der Waals surface area contributed by atoms with E-state index in [-0.39, 0.29) is 11.9 Å². The minimum Gasteiger partial charge on any atom is -0.399 e. The molecule has 0 aliphatic carbocycles. The molecular formula is C14H20N2O2. The van der Waals surface area contributed by atoms with Gasteiger partial charge < -0.3 is 15.8 Å². The summed E-state index contributed by atoms with van der Waals surface area (Å²) >= 11 is 0. The zero-order valence-electron chi connectivity index (χ0n) is 10.9. The highest BCUT2D eigenvalue weighted by Crippen LogP contribution is 2.26. The van der Waals surface area contributed by atoms with Crippen molar-refractivity contribution in [2.45, 2.75) is 38.3 Å². The number of benzene rings is 1. The molecule has 1 aromatic rings. The van der Waals surface area contributed by atoms with Gasteiger partial charge in [0.25, 0.3) is 5.91 Å². The molecule has 4 heteroatoms. The lowest BCUT2D eigenvalue weighted by Crippen LogP contribution is -2.44. The van der Waals surface area contributed by atoms with Gasteiger partial charge in [-0.2, -0.15) is 0 Å². The number of anilines is 1. The Labute approximate surface area is 108 Å². The molecule has 1 aliphatic heterocycles. The van der Waals surface area contributed by atoms with Gasteiger partial charge in [-0.05, 0) is 44.4 Å². The Hall–Kier alpha value is -1.55. The van der Waals surface area contributed by atoms with Crippen LogP contribution in [0.5, 0.6) is 0 Å². The first-order valence-electron chi connectivity index (χ1n) is 6.32. The van der Waals surface area contributed by atoms with Crippen LogP contribution in [0.25, 0.3) is 0 Å². The molecule has 1 amide bonds. The lowest BCUT2D eigenvalue weighted by molar-refractivity contribution is -0.140. The Kier molecular flexibility index (Phi) is 3.57. The van der Waals surface area contributed by atoms with Gasteiger partial charge in [0, 0.05) is 12.3 Å². The molecule has 1 fully saturated rings. The van der Waals surface area contributed by atoms with Crippen LogP contribution >= 0.6 is 0 Å². The zero-order chi connectivity index (χ0) is 13.2. The maximum absolute atomic E-state index is 12.2. The average molecular weight is 248 g/mol. The molecule has 98 valence electrons. The maximum Gasteiger partial charge on any atom is 0.252 e. The summed E-state index contributed by atoms with van der Waals surface area (Å²) in [6, 6.07) is 7.49. The molecule has 1 heterocycles. The molecule has 2 atom stereocenters. The van der Waals surface area contributed by atoms with Gasteiger partial charge >= 0.3 is 0 Å². The maximum atomic E-state index is 12.2. The van der Waals surface area contributed by atoms with E-state index in [2.05, 4.69) is 5.32 Å². The highest BCUT2D eigenvalue weighted by Gasteiger charge is 2.38. The summed E-state index contributed by atoms with van der Waals surface area (Å²) in [5.74, 6) is -0.0377. The van der Waals surface area contributed by atoms with Crippen molar-refractivity contribution >= 4 is 11.6 Å². The van der Waals surface area contributed by atoms with Crippen LogP contribution in [0.3, 0.4) is 0 Å². The van der Waals surface area contributed by atoms with E-state index >= 15 is 0 Å². The van der Waals surface area contributed by atoms with E-state index in [1.54, 1.807) is 0 Å². The number of nitrogens with two attached hydrogens (primary N) is 1. The minimum atomic E-state index is -0.665. The van der Waals surface area contributed by atoms with Crippen molar-refractivity contribution in [2.75, 3.05) is 12.3 Å². The van der Waals surface area contributed by atoms with E-state index in [0.29, 0.717) is 6.61 Å². The summed E-state index contributed by atoms with van der Waals surface area (Å²) < 4.78 is 5.53. The molecule has 18 heavy (non-hydrogen) atoms. The van der Waals surface area contributed by atoms with Gasteiger partial charge in [0.15, 0.2) is 0 Å². The first-order chi connectivity index (χ1) is 8.51. The van der Waals surface area contributed by atoms with Crippen molar-refractivity contribution in [1.29, 1.82) is 0 Å². The number of ether oxygens (including phenoxy) is 1. The molecule has 0 radical (unpaired) electrons. The quantitative estimate of drug-likeness (QED) is 0.804. The molecule has 0 aromatic heterocycles. The molecule has 1 aliphatic rings. The van der Waals surface area contributed by atoms with Crippen LogP contribution in [-0.2, 0) is 9.53 Å². The van der Waals surface area contributed by atoms with Crippen LogP contribution < -0.4 is 11.1 Å². The monoisotopic (exact) mass is 248 g/mol. The van der Waals surface area contributed by atoms with Gasteiger partial charge in [-0.1, -0.05) is 12.1 Å². The minimum absolute atomic E-state index is 0.0377. The lowest BCUT2D eigenvalue weighted by atomic mass is 10.0. The fraction of sp³-hybridized carbons (Fsp3) is 0.500. The number of amides is 1. The van der Waals surface area contributed by atoms with Gasteiger partial charge in [0.2, 0.25) is 0 Å². The Bertz CT molecular complexity index is 422. The van der Waals surface area contributed by atoms with Gasteiger partial charge in [-0.15, -0.1) is 0 Å². The summed E-state index contributed by atoms with van der Waals surface area (Å²) in [6.07, 6.45) is 1.73. The fourth-order valence-corrected chi connectivity index (χ4v) is 2.18. The average Bonchev–Trinajstić information content (AvgIpc) is 2.78. The van der Waals surface area contributed by atoms with Crippen molar-refractivity contribution < 1.29 is 9.53 Å². The Balaban J connectivity index is 2.00. The normalized spacial score (nSPS) is 24.8. The van der Waals surface area contributed by atoms with E-state index in [1.807, 2.05) is 38.1 Å². The van der Waals surface area contributed by atoms with E-state index in [4.69, 9.17) is 10.5 Å². The molecule has 1 saturated heterocycles. The van der Waals surface area contributed by atoms with E-state index in [0.717, 1.165) is 24.1 Å². The third-order valence-corrected chi connectivity index (χ3v) is 3.48. The summed E-state index contributed by atoms with van der Waals surface area (Å²) in [6.45, 7) is 4.48. The molecule has 0 bridgehead atoms. The third-order valence-electron chi connectivity index (χ3n) is 3.48. The lowest BCUT2D eigenvalue weighted by Gasteiger charge is -2.25. The summed E-state index contributed by atoms with van der Waals surface area (Å²) in [5.41, 5.74) is 6.74. The smallest absolute Gasteiger partial charge is 0.252 e. The second-order valence-electron chi connectivity index (χ2n) is 5.04. The number of nitrogen functional groups attached to an aromatic ring is 1. The number of hydrogen-bond acceptors (Lipinski definition) is 3. The predicted molar refractivity (Wildman–Crippen MR) is 71.0 cm³/mol. The first-order valence-corrected chi connectivity index (χ1v) is 6.32. The van der Waals surface area contributed by atoms with Crippen LogP contribution in [0.2, 0.25) is 0 Å². The fourth-order valence-electron chi connectivity index (χ4n) is 2.18. The van der Waals surface area contributed by atoms with E-state index in [9.17, 15) is 4.79 Å². The molecule has 1 aromatic carbocycles. The van der Waals surface area contributed by atoms with Crippen LogP contribution in [0.15, 0.2) is 24.3 Å². The number of carbonyl (C=O) groups is 1. The zero-order valence-corrected chi connectivity index (χ0v) is 10.9. The van der Waals surface area contributed by atoms with Crippen molar-refractivity contribution in [3.63, 3.8) is 0 Å². The largest absolute Gasteiger partial charge is 0.399 e. The molecular weight excluding hydrogens is 228 g/mol. The van der Waals surface area contributed by atoms with Crippen molar-refractivity contribution in [1.82, 2.24) is 5.32 Å². The molecule has 4 nitrogen and oxygen atoms in total. The second-order valence-corrected chi connectivity index (χ2v) is 5.04. The van der Waals surface area contributed by atoms with Gasteiger partial charge in [0.05, 0.1) is 6.04 Å². The summed E-state index contributed by atoms with van der Waals surface area (Å²) in [5, 5.41) is 2.99. The number of carbonyl (C=O) groups excluding carboxylic acids is 1. The third kappa shape index (κ3) is 2.64. The van der Waals surface area contributed by atoms with E-state index in [1.165, 1.54) is 0 Å². The number of rotatable bonds is 3. The van der Waals surface area contributed by atoms with Crippen molar-refractivity contribution in [3.05, 3.63) is 29.8 Å². The molecule has 3 N–H and O–H groups in total. The summed E-state index contributed by atoms with van der Waals surface area (Å²) in [7, 11) is 0. The van der Waals surface area contributed by atoms with Gasteiger partial charge in [-0.3, -0.25) is 4.79 Å². The molecule has 0 saturated carbocycles. The van der Waals surface area contributed by atoms with Crippen LogP contribution in [0, 0.1) is 0 Å². The number of nitrogens with one attached hydrogen (secondary N) is 1. The topological polar surface area (TPSA) is 64.3 Å². The van der Waals surface area contributed by atoms with Crippen molar-refractivity contribution in [2.24, 2.45) is 0 Å². The Morgan fingerprint density at radius 1 is 1.44 bits per heavy atom. The molecule has 2 rings (SSSR count). The van der Waals surface area contributed by atoms with Crippen LogP contribution in [0.4, 0.5) is 5.69 Å². The van der Waals surface area contributed by atoms with Crippen molar-refractivity contribution in [3.8, 4) is 0 Å².